The highest BCUT2D eigenvalue weighted by atomic mass is 16.5. The van der Waals surface area contributed by atoms with Crippen molar-refractivity contribution in [3.05, 3.63) is 64.2 Å². The molecule has 0 unspecified atom stereocenters. The largest absolute Gasteiger partial charge is 0.490 e. The molecule has 0 spiro atoms. The van der Waals surface area contributed by atoms with Gasteiger partial charge in [0.05, 0.1) is 23.7 Å². The third-order valence-electron chi connectivity index (χ3n) is 3.88. The van der Waals surface area contributed by atoms with Gasteiger partial charge in [0.1, 0.15) is 5.82 Å². The molecule has 1 heterocycles. The van der Waals surface area contributed by atoms with E-state index in [2.05, 4.69) is 10.1 Å². The number of hydrogen-bond acceptors (Lipinski definition) is 6. The van der Waals surface area contributed by atoms with Gasteiger partial charge < -0.3 is 15.2 Å². The molecular formula is C20H20N4O4. The minimum atomic E-state index is -0.577. The van der Waals surface area contributed by atoms with E-state index >= 15 is 0 Å². The fourth-order valence-electron chi connectivity index (χ4n) is 2.64. The zero-order valence-electron chi connectivity index (χ0n) is 15.6. The van der Waals surface area contributed by atoms with Crippen LogP contribution in [0.25, 0.3) is 10.9 Å². The van der Waals surface area contributed by atoms with Crippen molar-refractivity contribution < 1.29 is 14.3 Å². The summed E-state index contributed by atoms with van der Waals surface area (Å²) in [5.41, 5.74) is 6.19. The van der Waals surface area contributed by atoms with Crippen molar-refractivity contribution in [1.29, 1.82) is 0 Å². The van der Waals surface area contributed by atoms with E-state index in [1.54, 1.807) is 43.3 Å². The zero-order chi connectivity index (χ0) is 20.1. The van der Waals surface area contributed by atoms with E-state index in [0.29, 0.717) is 40.4 Å². The van der Waals surface area contributed by atoms with E-state index in [9.17, 15) is 9.59 Å². The van der Waals surface area contributed by atoms with E-state index < -0.39 is 5.91 Å². The lowest BCUT2D eigenvalue weighted by atomic mass is 10.2. The van der Waals surface area contributed by atoms with Gasteiger partial charge in [-0.25, -0.2) is 4.98 Å². The number of carbonyl (C=O) groups excluding carboxylic acids is 1. The maximum atomic E-state index is 12.7. The Balaban J connectivity index is 1.94. The second-order valence-corrected chi connectivity index (χ2v) is 5.93. The highest BCUT2D eigenvalue weighted by Crippen LogP contribution is 2.28. The first-order valence-electron chi connectivity index (χ1n) is 8.70. The summed E-state index contributed by atoms with van der Waals surface area (Å²) in [5, 5.41) is 4.77. The Hall–Kier alpha value is -3.68. The Morgan fingerprint density at radius 1 is 1.21 bits per heavy atom. The molecule has 0 saturated heterocycles. The maximum Gasteiger partial charge on any atom is 0.282 e. The van der Waals surface area contributed by atoms with Crippen LogP contribution in [0.4, 0.5) is 0 Å². The van der Waals surface area contributed by atoms with Crippen molar-refractivity contribution in [2.45, 2.75) is 13.8 Å². The van der Waals surface area contributed by atoms with Crippen molar-refractivity contribution in [3.63, 3.8) is 0 Å². The predicted octanol–water partition coefficient (Wildman–Crippen LogP) is 1.85. The Morgan fingerprint density at radius 3 is 2.75 bits per heavy atom. The lowest BCUT2D eigenvalue weighted by molar-refractivity contribution is -0.119. The van der Waals surface area contributed by atoms with Gasteiger partial charge in [-0.15, -0.1) is 0 Å². The van der Waals surface area contributed by atoms with Crippen molar-refractivity contribution in [1.82, 2.24) is 9.66 Å². The summed E-state index contributed by atoms with van der Waals surface area (Å²) in [6.45, 7) is 3.73. The van der Waals surface area contributed by atoms with Crippen LogP contribution in [0.5, 0.6) is 11.5 Å². The third-order valence-corrected chi connectivity index (χ3v) is 3.88. The van der Waals surface area contributed by atoms with Crippen LogP contribution < -0.4 is 20.8 Å². The van der Waals surface area contributed by atoms with Crippen LogP contribution in [-0.4, -0.2) is 35.0 Å². The van der Waals surface area contributed by atoms with E-state index in [-0.39, 0.29) is 12.2 Å². The van der Waals surface area contributed by atoms with Gasteiger partial charge in [0.15, 0.2) is 18.1 Å². The second kappa shape index (κ2) is 8.34. The quantitative estimate of drug-likeness (QED) is 0.629. The highest BCUT2D eigenvalue weighted by Gasteiger charge is 2.09. The molecule has 28 heavy (non-hydrogen) atoms. The van der Waals surface area contributed by atoms with Gasteiger partial charge in [-0.1, -0.05) is 12.1 Å². The van der Waals surface area contributed by atoms with Crippen LogP contribution in [0.1, 0.15) is 18.3 Å². The Labute approximate surface area is 161 Å². The monoisotopic (exact) mass is 380 g/mol. The molecule has 8 heteroatoms. The van der Waals surface area contributed by atoms with E-state index in [1.807, 2.05) is 13.0 Å². The number of nitrogens with zero attached hydrogens (tertiary/aromatic N) is 3. The molecule has 0 bridgehead atoms. The van der Waals surface area contributed by atoms with E-state index in [0.717, 1.165) is 0 Å². The average molecular weight is 380 g/mol. The number of amides is 1. The van der Waals surface area contributed by atoms with Crippen LogP contribution in [-0.2, 0) is 4.79 Å². The van der Waals surface area contributed by atoms with Crippen LogP contribution in [0, 0.1) is 6.92 Å². The number of para-hydroxylation sites is 1. The molecule has 2 N–H and O–H groups in total. The van der Waals surface area contributed by atoms with E-state index in [4.69, 9.17) is 15.2 Å². The topological polar surface area (TPSA) is 109 Å². The number of carbonyl (C=O) groups is 1. The van der Waals surface area contributed by atoms with Crippen LogP contribution in [0.2, 0.25) is 0 Å². The third kappa shape index (κ3) is 4.17. The molecule has 8 nitrogen and oxygen atoms in total. The molecule has 144 valence electrons. The first-order chi connectivity index (χ1) is 13.5. The lowest BCUT2D eigenvalue weighted by Gasteiger charge is -2.11. The minimum absolute atomic E-state index is 0.245. The summed E-state index contributed by atoms with van der Waals surface area (Å²) in [6, 6.07) is 12.2. The Bertz CT molecular complexity index is 1110. The average Bonchev–Trinajstić information content (AvgIpc) is 2.67. The normalized spacial score (nSPS) is 11.1. The highest BCUT2D eigenvalue weighted by molar-refractivity contribution is 5.81. The first kappa shape index (κ1) is 19.1. The van der Waals surface area contributed by atoms with Gasteiger partial charge in [-0.2, -0.15) is 9.78 Å². The zero-order valence-corrected chi connectivity index (χ0v) is 15.6. The van der Waals surface area contributed by atoms with Gasteiger partial charge >= 0.3 is 0 Å². The maximum absolute atomic E-state index is 12.7. The van der Waals surface area contributed by atoms with Gasteiger partial charge in [-0.3, -0.25) is 9.59 Å². The fraction of sp³-hybridized carbons (Fsp3) is 0.200. The Morgan fingerprint density at radius 2 is 2.00 bits per heavy atom. The lowest BCUT2D eigenvalue weighted by Crippen LogP contribution is -2.20. The van der Waals surface area contributed by atoms with Crippen LogP contribution in [0.3, 0.4) is 0 Å². The molecule has 2 aromatic carbocycles. The predicted molar refractivity (Wildman–Crippen MR) is 106 cm³/mol. The van der Waals surface area contributed by atoms with Crippen LogP contribution in [0.15, 0.2) is 52.4 Å². The number of aryl methyl sites for hydroxylation is 1. The molecule has 0 atom stereocenters. The first-order valence-corrected chi connectivity index (χ1v) is 8.70. The molecular weight excluding hydrogens is 360 g/mol. The number of benzene rings is 2. The molecule has 1 amide bonds. The summed E-state index contributed by atoms with van der Waals surface area (Å²) in [5.74, 6) is 0.755. The number of nitrogens with two attached hydrogens (primary N) is 1. The fourth-order valence-corrected chi connectivity index (χ4v) is 2.64. The standard InChI is InChI=1S/C20H20N4O4/c1-3-27-18-10-14(8-9-17(18)28-12-19(21)25)11-22-24-13(2)23-16-7-5-4-6-15(16)20(24)26/h4-11H,3,12H2,1-2H3,(H2,21,25)/b22-11-. The van der Waals surface area contributed by atoms with Gasteiger partial charge in [0.2, 0.25) is 0 Å². The number of fused-ring (bicyclic) bond motifs is 1. The second-order valence-electron chi connectivity index (χ2n) is 5.93. The molecule has 0 aliphatic rings. The van der Waals surface area contributed by atoms with E-state index in [1.165, 1.54) is 10.9 Å². The summed E-state index contributed by atoms with van der Waals surface area (Å²) in [7, 11) is 0. The van der Waals surface area contributed by atoms with Crippen LogP contribution >= 0.6 is 0 Å². The number of rotatable bonds is 7. The number of ether oxygens (including phenoxy) is 2. The molecule has 0 aliphatic carbocycles. The summed E-state index contributed by atoms with van der Waals surface area (Å²) >= 11 is 0. The van der Waals surface area contributed by atoms with Crippen molar-refractivity contribution >= 4 is 23.0 Å². The smallest absolute Gasteiger partial charge is 0.282 e. The number of aromatic nitrogens is 2. The SMILES string of the molecule is CCOc1cc(/C=N\n2c(C)nc3ccccc3c2=O)ccc1OCC(N)=O. The molecule has 1 aromatic heterocycles. The molecule has 0 aliphatic heterocycles. The Kier molecular flexibility index (Phi) is 5.69. The summed E-state index contributed by atoms with van der Waals surface area (Å²) < 4.78 is 12.1. The molecule has 0 radical (unpaired) electrons. The molecule has 0 saturated carbocycles. The van der Waals surface area contributed by atoms with Gasteiger partial charge in [0.25, 0.3) is 11.5 Å². The van der Waals surface area contributed by atoms with Gasteiger partial charge in [-0.05, 0) is 49.7 Å². The number of hydrogen-bond donors (Lipinski definition) is 1. The van der Waals surface area contributed by atoms with Gasteiger partial charge in [0, 0.05) is 0 Å². The summed E-state index contributed by atoms with van der Waals surface area (Å²) in [4.78, 5) is 28.0. The summed E-state index contributed by atoms with van der Waals surface area (Å²) in [6.07, 6.45) is 1.53. The van der Waals surface area contributed by atoms with Crippen molar-refractivity contribution in [2.24, 2.45) is 10.8 Å². The molecule has 0 fully saturated rings. The minimum Gasteiger partial charge on any atom is -0.490 e. The molecule has 3 rings (SSSR count). The number of primary amides is 1. The molecule has 3 aromatic rings. The van der Waals surface area contributed by atoms with Crippen molar-refractivity contribution in [2.75, 3.05) is 13.2 Å². The van der Waals surface area contributed by atoms with Crippen molar-refractivity contribution in [3.8, 4) is 11.5 Å².